The van der Waals surface area contributed by atoms with E-state index < -0.39 is 6.04 Å². The second kappa shape index (κ2) is 6.41. The summed E-state index contributed by atoms with van der Waals surface area (Å²) in [5, 5.41) is 3.24. The highest BCUT2D eigenvalue weighted by molar-refractivity contribution is 9.10. The van der Waals surface area contributed by atoms with Crippen LogP contribution in [0.15, 0.2) is 34.8 Å². The Morgan fingerprint density at radius 2 is 1.95 bits per heavy atom. The third kappa shape index (κ3) is 3.41. The van der Waals surface area contributed by atoms with E-state index in [0.717, 1.165) is 20.6 Å². The molecule has 20 heavy (non-hydrogen) atoms. The van der Waals surface area contributed by atoms with E-state index in [4.69, 9.17) is 4.74 Å². The summed E-state index contributed by atoms with van der Waals surface area (Å²) < 4.78 is 5.92. The van der Waals surface area contributed by atoms with E-state index in [1.807, 2.05) is 44.2 Å². The van der Waals surface area contributed by atoms with Crippen LogP contribution < -0.4 is 5.32 Å². The standard InChI is InChI=1S/C15H16BrNO2S/c1-9-8-13(10(2)20-9)14(15(18)19-3)17-12-6-4-11(16)5-7-12/h4-8,14,17H,1-3H3. The minimum absolute atomic E-state index is 0.284. The smallest absolute Gasteiger partial charge is 0.333 e. The maximum atomic E-state index is 12.1. The first-order chi connectivity index (χ1) is 9.51. The summed E-state index contributed by atoms with van der Waals surface area (Å²) >= 11 is 5.08. The Morgan fingerprint density at radius 3 is 2.45 bits per heavy atom. The van der Waals surface area contributed by atoms with Gasteiger partial charge in [0.2, 0.25) is 0 Å². The third-order valence-corrected chi connectivity index (χ3v) is 4.49. The van der Waals surface area contributed by atoms with E-state index in [1.54, 1.807) is 11.3 Å². The number of aryl methyl sites for hydroxylation is 2. The number of rotatable bonds is 4. The van der Waals surface area contributed by atoms with E-state index in [1.165, 1.54) is 12.0 Å². The number of carbonyl (C=O) groups excluding carboxylic acids is 1. The van der Waals surface area contributed by atoms with Gasteiger partial charge in [-0.2, -0.15) is 0 Å². The Balaban J connectivity index is 2.31. The Labute approximate surface area is 131 Å². The number of ether oxygens (including phenoxy) is 1. The topological polar surface area (TPSA) is 38.3 Å². The highest BCUT2D eigenvalue weighted by Gasteiger charge is 2.24. The van der Waals surface area contributed by atoms with Gasteiger partial charge in [-0.05, 0) is 49.7 Å². The molecule has 0 aliphatic rings. The molecule has 0 spiro atoms. The second-order valence-corrected chi connectivity index (χ2v) is 6.85. The number of benzene rings is 1. The number of esters is 1. The van der Waals surface area contributed by atoms with Crippen LogP contribution in [0.2, 0.25) is 0 Å². The van der Waals surface area contributed by atoms with Crippen molar-refractivity contribution in [1.82, 2.24) is 0 Å². The van der Waals surface area contributed by atoms with Crippen LogP contribution in [0.4, 0.5) is 5.69 Å². The number of anilines is 1. The lowest BCUT2D eigenvalue weighted by atomic mass is 10.1. The van der Waals surface area contributed by atoms with Gasteiger partial charge >= 0.3 is 5.97 Å². The van der Waals surface area contributed by atoms with Crippen molar-refractivity contribution < 1.29 is 9.53 Å². The van der Waals surface area contributed by atoms with Crippen molar-refractivity contribution in [3.63, 3.8) is 0 Å². The Morgan fingerprint density at radius 1 is 1.30 bits per heavy atom. The average molecular weight is 354 g/mol. The van der Waals surface area contributed by atoms with Crippen LogP contribution in [-0.4, -0.2) is 13.1 Å². The zero-order chi connectivity index (χ0) is 14.7. The van der Waals surface area contributed by atoms with Gasteiger partial charge in [-0.25, -0.2) is 4.79 Å². The largest absolute Gasteiger partial charge is 0.467 e. The van der Waals surface area contributed by atoms with Crippen LogP contribution in [0.25, 0.3) is 0 Å². The van der Waals surface area contributed by atoms with E-state index in [0.29, 0.717) is 0 Å². The number of hydrogen-bond donors (Lipinski definition) is 1. The molecule has 0 aliphatic carbocycles. The van der Waals surface area contributed by atoms with Gasteiger partial charge in [0, 0.05) is 19.9 Å². The van der Waals surface area contributed by atoms with E-state index >= 15 is 0 Å². The molecule has 0 fully saturated rings. The predicted octanol–water partition coefficient (Wildman–Crippen LogP) is 4.45. The lowest BCUT2D eigenvalue weighted by Gasteiger charge is -2.18. The number of carbonyl (C=O) groups is 1. The van der Waals surface area contributed by atoms with Crippen LogP contribution >= 0.6 is 27.3 Å². The van der Waals surface area contributed by atoms with E-state index in [-0.39, 0.29) is 5.97 Å². The van der Waals surface area contributed by atoms with Gasteiger partial charge in [-0.1, -0.05) is 15.9 Å². The monoisotopic (exact) mass is 353 g/mol. The molecule has 0 bridgehead atoms. The maximum Gasteiger partial charge on any atom is 0.333 e. The van der Waals surface area contributed by atoms with Gasteiger partial charge in [0.05, 0.1) is 7.11 Å². The molecule has 1 N–H and O–H groups in total. The van der Waals surface area contributed by atoms with Crippen LogP contribution in [0.5, 0.6) is 0 Å². The van der Waals surface area contributed by atoms with Gasteiger partial charge in [0.25, 0.3) is 0 Å². The fourth-order valence-corrected chi connectivity index (χ4v) is 3.26. The molecule has 0 aliphatic heterocycles. The normalized spacial score (nSPS) is 12.0. The minimum atomic E-state index is -0.480. The third-order valence-electron chi connectivity index (χ3n) is 2.98. The summed E-state index contributed by atoms with van der Waals surface area (Å²) in [7, 11) is 1.41. The van der Waals surface area contributed by atoms with Crippen LogP contribution in [0, 0.1) is 13.8 Å². The van der Waals surface area contributed by atoms with E-state index in [9.17, 15) is 4.79 Å². The molecule has 106 valence electrons. The first-order valence-electron chi connectivity index (χ1n) is 6.18. The second-order valence-electron chi connectivity index (χ2n) is 4.48. The van der Waals surface area contributed by atoms with Crippen molar-refractivity contribution in [2.24, 2.45) is 0 Å². The van der Waals surface area contributed by atoms with Crippen molar-refractivity contribution in [2.45, 2.75) is 19.9 Å². The molecule has 0 saturated carbocycles. The van der Waals surface area contributed by atoms with Gasteiger partial charge in [-0.3, -0.25) is 0 Å². The number of methoxy groups -OCH3 is 1. The molecule has 5 heteroatoms. The number of halogens is 1. The van der Waals surface area contributed by atoms with Gasteiger partial charge < -0.3 is 10.1 Å². The molecule has 0 amide bonds. The quantitative estimate of drug-likeness (QED) is 0.825. The predicted molar refractivity (Wildman–Crippen MR) is 86.3 cm³/mol. The molecule has 0 radical (unpaired) electrons. The lowest BCUT2D eigenvalue weighted by Crippen LogP contribution is -2.22. The van der Waals surface area contributed by atoms with Crippen molar-refractivity contribution in [2.75, 3.05) is 12.4 Å². The van der Waals surface area contributed by atoms with Crippen LogP contribution in [0.1, 0.15) is 21.4 Å². The average Bonchev–Trinajstić information content (AvgIpc) is 2.76. The maximum absolute atomic E-state index is 12.1. The van der Waals surface area contributed by atoms with Gasteiger partial charge in [0.1, 0.15) is 0 Å². The lowest BCUT2D eigenvalue weighted by molar-refractivity contribution is -0.141. The first-order valence-corrected chi connectivity index (χ1v) is 7.79. The summed E-state index contributed by atoms with van der Waals surface area (Å²) in [5.41, 5.74) is 1.86. The molecule has 2 rings (SSSR count). The number of thiophene rings is 1. The van der Waals surface area contributed by atoms with Crippen LogP contribution in [0.3, 0.4) is 0 Å². The summed E-state index contributed by atoms with van der Waals surface area (Å²) in [6.45, 7) is 4.06. The molecule has 2 aromatic rings. The molecule has 0 saturated heterocycles. The zero-order valence-corrected chi connectivity index (χ0v) is 14.0. The fraction of sp³-hybridized carbons (Fsp3) is 0.267. The van der Waals surface area contributed by atoms with Gasteiger partial charge in [0.15, 0.2) is 6.04 Å². The summed E-state index contributed by atoms with van der Waals surface area (Å²) in [5.74, 6) is -0.284. The highest BCUT2D eigenvalue weighted by Crippen LogP contribution is 2.30. The number of nitrogens with one attached hydrogen (secondary N) is 1. The SMILES string of the molecule is COC(=O)C(Nc1ccc(Br)cc1)c1cc(C)sc1C. The van der Waals surface area contributed by atoms with Crippen molar-refractivity contribution in [3.8, 4) is 0 Å². The van der Waals surface area contributed by atoms with Crippen molar-refractivity contribution >= 4 is 38.9 Å². The first kappa shape index (κ1) is 15.1. The zero-order valence-electron chi connectivity index (χ0n) is 11.6. The van der Waals surface area contributed by atoms with Crippen molar-refractivity contribution in [1.29, 1.82) is 0 Å². The molecular weight excluding hydrogens is 338 g/mol. The summed E-state index contributed by atoms with van der Waals surface area (Å²) in [6.07, 6.45) is 0. The van der Waals surface area contributed by atoms with Gasteiger partial charge in [-0.15, -0.1) is 11.3 Å². The van der Waals surface area contributed by atoms with Crippen molar-refractivity contribution in [3.05, 3.63) is 50.1 Å². The van der Waals surface area contributed by atoms with E-state index in [2.05, 4.69) is 21.2 Å². The number of hydrogen-bond acceptors (Lipinski definition) is 4. The highest BCUT2D eigenvalue weighted by atomic mass is 79.9. The summed E-state index contributed by atoms with van der Waals surface area (Å²) in [4.78, 5) is 14.4. The Hall–Kier alpha value is -1.33. The molecule has 1 heterocycles. The molecule has 1 atom stereocenters. The molecule has 1 aromatic heterocycles. The fourth-order valence-electron chi connectivity index (χ4n) is 2.03. The van der Waals surface area contributed by atoms with Crippen LogP contribution in [-0.2, 0) is 9.53 Å². The minimum Gasteiger partial charge on any atom is -0.467 e. The molecule has 1 unspecified atom stereocenters. The Kier molecular flexibility index (Phi) is 4.83. The molecular formula is C15H16BrNO2S. The summed E-state index contributed by atoms with van der Waals surface area (Å²) in [6, 6.07) is 9.27. The molecule has 3 nitrogen and oxygen atoms in total. The Bertz CT molecular complexity index is 607. The molecule has 1 aromatic carbocycles.